The maximum atomic E-state index is 15.5. The first-order chi connectivity index (χ1) is 34.9. The molecule has 2 aliphatic heterocycles. The molecule has 4 fully saturated rings. The molecule has 0 radical (unpaired) electrons. The van der Waals surface area contributed by atoms with Crippen LogP contribution in [0.4, 0.5) is 28.9 Å². The molecule has 6 aromatic rings. The lowest BCUT2D eigenvalue weighted by molar-refractivity contribution is 0.0941. The number of nitrogens with zero attached hydrogens (tertiary/aromatic N) is 6. The zero-order chi connectivity index (χ0) is 50.0. The van der Waals surface area contributed by atoms with E-state index in [0.717, 1.165) is 89.1 Å². The highest BCUT2D eigenvalue weighted by atomic mass is 19.1. The molecule has 2 amide bonds. The summed E-state index contributed by atoms with van der Waals surface area (Å²) in [6, 6.07) is 18.1. The SMILES string of the molecule is CCNC(=O)c1ccc(N2CCN(CCC3CC[C@@H](c4cc5cc(CCNC(=O)c6ccc(N7CCN([C@H]8CC[C@@H](c9cc%10cccc(F)c%10c(=O)[nH]9)C8)CC7)c(F)n6)cc(F)c5c(=O)[nH]4)C3)CC2)c(F)n1. The molecular formula is C54H60F4N10O4. The van der Waals surface area contributed by atoms with Crippen LogP contribution in [-0.4, -0.2) is 120 Å². The lowest BCUT2D eigenvalue weighted by Gasteiger charge is -2.39. The standard InChI is InChI=1S/C54H60F4N10O4/c1-2-59-51(69)41-10-12-45(49(57)61-41)67-20-18-65(19-21-67)17-15-32-6-7-34(26-32)44-31-37-27-33(28-40(56)48(37)54(72)64-44)14-16-60-52(70)42-11-13-46(50(58)62-42)68-24-22-66(23-25-68)38-9-8-35(29-38)43-30-36-4-3-5-39(55)47(36)53(71)63-43/h3-5,10-13,27-28,30-32,34-35,38H,2,6-9,14-26,29H2,1H3,(H,59,69)(H,60,70)(H,63,71)(H,64,72)/t32?,34-,35-,38+/m1/s1. The van der Waals surface area contributed by atoms with Gasteiger partial charge in [-0.25, -0.2) is 18.7 Å². The van der Waals surface area contributed by atoms with Gasteiger partial charge in [0.15, 0.2) is 0 Å². The van der Waals surface area contributed by atoms with Crippen LogP contribution in [0.1, 0.15) is 102 Å². The summed E-state index contributed by atoms with van der Waals surface area (Å²) in [6.07, 6.45) is 6.83. The number of amides is 2. The average Bonchev–Trinajstić information content (AvgIpc) is 4.07. The summed E-state index contributed by atoms with van der Waals surface area (Å²) < 4.78 is 60.1. The second kappa shape index (κ2) is 21.2. The fraction of sp³-hybridized carbons (Fsp3) is 0.444. The third-order valence-corrected chi connectivity index (χ3v) is 15.5. The van der Waals surface area contributed by atoms with Crippen LogP contribution in [0.5, 0.6) is 0 Å². The first kappa shape index (κ1) is 48.9. The van der Waals surface area contributed by atoms with E-state index < -0.39 is 46.5 Å². The topological polar surface area (TPSA) is 163 Å². The Morgan fingerprint density at radius 1 is 0.653 bits per heavy atom. The number of hydrogen-bond acceptors (Lipinski definition) is 10. The molecule has 2 aliphatic carbocycles. The molecule has 14 nitrogen and oxygen atoms in total. The Bertz CT molecular complexity index is 3120. The Kier molecular flexibility index (Phi) is 14.4. The number of hydrogen-bond donors (Lipinski definition) is 4. The Hall–Kier alpha value is -6.66. The molecule has 2 aromatic carbocycles. The van der Waals surface area contributed by atoms with Crippen LogP contribution in [0.3, 0.4) is 0 Å². The molecule has 72 heavy (non-hydrogen) atoms. The quantitative estimate of drug-likeness (QED) is 0.0661. The van der Waals surface area contributed by atoms with E-state index in [-0.39, 0.29) is 47.0 Å². The number of rotatable bonds is 14. The highest BCUT2D eigenvalue weighted by Crippen LogP contribution is 2.40. The molecule has 4 N–H and O–H groups in total. The van der Waals surface area contributed by atoms with Gasteiger partial charge in [0, 0.05) is 88.8 Å². The molecule has 0 spiro atoms. The molecule has 378 valence electrons. The lowest BCUT2D eigenvalue weighted by atomic mass is 9.97. The van der Waals surface area contributed by atoms with Gasteiger partial charge in [-0.15, -0.1) is 0 Å². The van der Waals surface area contributed by atoms with E-state index in [1.807, 2.05) is 21.9 Å². The number of H-pyrrole nitrogens is 2. The first-order valence-electron chi connectivity index (χ1n) is 25.4. The number of nitrogens with one attached hydrogen (secondary N) is 4. The number of anilines is 2. The molecule has 6 heterocycles. The normalized spacial score (nSPS) is 21.0. The van der Waals surface area contributed by atoms with Gasteiger partial charge >= 0.3 is 0 Å². The molecule has 4 atom stereocenters. The highest BCUT2D eigenvalue weighted by Gasteiger charge is 2.34. The number of piperazine rings is 2. The van der Waals surface area contributed by atoms with Gasteiger partial charge in [0.2, 0.25) is 11.9 Å². The minimum atomic E-state index is -0.731. The van der Waals surface area contributed by atoms with Gasteiger partial charge in [0.25, 0.3) is 22.9 Å². The van der Waals surface area contributed by atoms with Crippen molar-refractivity contribution in [3.63, 3.8) is 0 Å². The number of pyridine rings is 4. The van der Waals surface area contributed by atoms with Gasteiger partial charge in [0.05, 0.1) is 22.1 Å². The van der Waals surface area contributed by atoms with Crippen molar-refractivity contribution >= 4 is 44.7 Å². The van der Waals surface area contributed by atoms with Crippen molar-refractivity contribution in [2.45, 2.75) is 76.2 Å². The van der Waals surface area contributed by atoms with Crippen LogP contribution in [0, 0.1) is 29.4 Å². The molecule has 2 saturated heterocycles. The monoisotopic (exact) mass is 988 g/mol. The number of carbonyl (C=O) groups excluding carboxylic acids is 2. The largest absolute Gasteiger partial charge is 0.365 e. The number of carbonyl (C=O) groups is 2. The van der Waals surface area contributed by atoms with E-state index in [4.69, 9.17) is 0 Å². The number of aromatic amines is 2. The summed E-state index contributed by atoms with van der Waals surface area (Å²) in [6.45, 7) is 8.75. The molecule has 4 aliphatic rings. The number of aromatic nitrogens is 4. The molecule has 10 rings (SSSR count). The van der Waals surface area contributed by atoms with Crippen LogP contribution in [0.15, 0.2) is 76.3 Å². The predicted octanol–water partition coefficient (Wildman–Crippen LogP) is 6.99. The minimum Gasteiger partial charge on any atom is -0.365 e. The third kappa shape index (κ3) is 10.5. The second-order valence-electron chi connectivity index (χ2n) is 19.9. The third-order valence-electron chi connectivity index (χ3n) is 15.5. The van der Waals surface area contributed by atoms with Gasteiger partial charge in [-0.1, -0.05) is 18.2 Å². The minimum absolute atomic E-state index is 0.00235. The maximum Gasteiger partial charge on any atom is 0.270 e. The van der Waals surface area contributed by atoms with Gasteiger partial charge < -0.3 is 30.4 Å². The summed E-state index contributed by atoms with van der Waals surface area (Å²) in [4.78, 5) is 73.7. The highest BCUT2D eigenvalue weighted by molar-refractivity contribution is 5.93. The van der Waals surface area contributed by atoms with Gasteiger partial charge in [-0.2, -0.15) is 8.78 Å². The molecule has 1 unspecified atom stereocenters. The van der Waals surface area contributed by atoms with Crippen molar-refractivity contribution in [3.8, 4) is 0 Å². The van der Waals surface area contributed by atoms with Crippen LogP contribution in [0.2, 0.25) is 0 Å². The Morgan fingerprint density at radius 2 is 1.25 bits per heavy atom. The zero-order valence-corrected chi connectivity index (χ0v) is 40.4. The Morgan fingerprint density at radius 3 is 1.90 bits per heavy atom. The summed E-state index contributed by atoms with van der Waals surface area (Å²) in [5.74, 6) is -2.73. The van der Waals surface area contributed by atoms with E-state index in [2.05, 4.69) is 40.4 Å². The average molecular weight is 989 g/mol. The molecule has 0 bridgehead atoms. The Balaban J connectivity index is 0.677. The van der Waals surface area contributed by atoms with Crippen molar-refractivity contribution in [3.05, 3.63) is 139 Å². The van der Waals surface area contributed by atoms with E-state index in [1.165, 1.54) is 18.2 Å². The van der Waals surface area contributed by atoms with Crippen molar-refractivity contribution in [1.82, 2.24) is 40.4 Å². The van der Waals surface area contributed by atoms with Crippen LogP contribution in [-0.2, 0) is 6.42 Å². The summed E-state index contributed by atoms with van der Waals surface area (Å²) >= 11 is 0. The van der Waals surface area contributed by atoms with E-state index in [0.29, 0.717) is 72.4 Å². The zero-order valence-electron chi connectivity index (χ0n) is 40.4. The number of benzene rings is 2. The fourth-order valence-corrected chi connectivity index (χ4v) is 11.7. The molecular weight excluding hydrogens is 929 g/mol. The van der Waals surface area contributed by atoms with E-state index >= 15 is 8.78 Å². The predicted molar refractivity (Wildman–Crippen MR) is 269 cm³/mol. The number of halogens is 4. The Labute approximate surface area is 414 Å². The fourth-order valence-electron chi connectivity index (χ4n) is 11.7. The van der Waals surface area contributed by atoms with E-state index in [1.54, 1.807) is 43.3 Å². The summed E-state index contributed by atoms with van der Waals surface area (Å²) in [5, 5.41) is 6.61. The van der Waals surface area contributed by atoms with Crippen LogP contribution in [0.25, 0.3) is 21.5 Å². The van der Waals surface area contributed by atoms with Gasteiger partial charge in [0.1, 0.15) is 23.0 Å². The smallest absolute Gasteiger partial charge is 0.270 e. The van der Waals surface area contributed by atoms with Crippen LogP contribution >= 0.6 is 0 Å². The maximum absolute atomic E-state index is 15.5. The van der Waals surface area contributed by atoms with Crippen molar-refractivity contribution in [2.75, 3.05) is 81.8 Å². The van der Waals surface area contributed by atoms with Crippen LogP contribution < -0.4 is 31.6 Å². The molecule has 2 saturated carbocycles. The van der Waals surface area contributed by atoms with Gasteiger partial charge in [-0.3, -0.25) is 29.0 Å². The summed E-state index contributed by atoms with van der Waals surface area (Å²) in [5.41, 5.74) is 2.09. The van der Waals surface area contributed by atoms with Crippen molar-refractivity contribution < 1.29 is 27.2 Å². The second-order valence-corrected chi connectivity index (χ2v) is 19.9. The number of fused-ring (bicyclic) bond motifs is 2. The van der Waals surface area contributed by atoms with E-state index in [9.17, 15) is 28.0 Å². The lowest BCUT2D eigenvalue weighted by Crippen LogP contribution is -2.50. The first-order valence-corrected chi connectivity index (χ1v) is 25.4. The molecule has 18 heteroatoms. The van der Waals surface area contributed by atoms with Crippen molar-refractivity contribution in [1.29, 1.82) is 0 Å². The van der Waals surface area contributed by atoms with Gasteiger partial charge in [-0.05, 0) is 142 Å². The van der Waals surface area contributed by atoms with Crippen molar-refractivity contribution in [2.24, 2.45) is 5.92 Å². The molecule has 4 aromatic heterocycles. The summed E-state index contributed by atoms with van der Waals surface area (Å²) in [7, 11) is 0.